The molecule has 0 aliphatic carbocycles. The molecule has 2 aromatic rings. The predicted octanol–water partition coefficient (Wildman–Crippen LogP) is 1.43. The first kappa shape index (κ1) is 16.2. The number of hydrogen-bond acceptors (Lipinski definition) is 4. The van der Waals surface area contributed by atoms with Crippen molar-refractivity contribution in [3.63, 3.8) is 0 Å². The van der Waals surface area contributed by atoms with E-state index in [0.29, 0.717) is 12.4 Å². The number of rotatable bonds is 4. The van der Waals surface area contributed by atoms with E-state index in [2.05, 4.69) is 15.3 Å². The molecule has 1 fully saturated rings. The van der Waals surface area contributed by atoms with E-state index in [1.54, 1.807) is 23.2 Å². The Hall–Kier alpha value is -2.70. The minimum atomic E-state index is -0.0883. The van der Waals surface area contributed by atoms with Gasteiger partial charge < -0.3 is 14.8 Å². The summed E-state index contributed by atoms with van der Waals surface area (Å²) >= 11 is 0. The second-order valence-corrected chi connectivity index (χ2v) is 6.01. The molecule has 1 aliphatic rings. The molecule has 1 atom stereocenters. The van der Waals surface area contributed by atoms with Crippen LogP contribution in [0.4, 0.5) is 0 Å². The molecule has 0 saturated carbocycles. The molecule has 1 saturated heterocycles. The number of hydrogen-bond donors (Lipinski definition) is 1. The van der Waals surface area contributed by atoms with Crippen molar-refractivity contribution in [3.8, 4) is 0 Å². The Morgan fingerprint density at radius 1 is 1.33 bits per heavy atom. The highest BCUT2D eigenvalue weighted by atomic mass is 16.2. The number of amides is 2. The third-order valence-electron chi connectivity index (χ3n) is 4.27. The summed E-state index contributed by atoms with van der Waals surface area (Å²) in [4.78, 5) is 34.2. The summed E-state index contributed by atoms with van der Waals surface area (Å²) in [6, 6.07) is 3.92. The van der Waals surface area contributed by atoms with Gasteiger partial charge in [-0.3, -0.25) is 14.6 Å². The monoisotopic (exact) mass is 327 g/mol. The molecule has 1 aliphatic heterocycles. The number of pyridine rings is 1. The first-order valence-corrected chi connectivity index (χ1v) is 8.04. The Balaban J connectivity index is 1.80. The normalized spacial score (nSPS) is 17.1. The van der Waals surface area contributed by atoms with E-state index >= 15 is 0 Å². The van der Waals surface area contributed by atoms with Crippen molar-refractivity contribution in [2.24, 2.45) is 7.05 Å². The van der Waals surface area contributed by atoms with Gasteiger partial charge in [-0.05, 0) is 30.5 Å². The van der Waals surface area contributed by atoms with Crippen LogP contribution in [0.25, 0.3) is 0 Å². The molecule has 2 amide bonds. The number of nitrogens with one attached hydrogen (secondary N) is 1. The van der Waals surface area contributed by atoms with Crippen LogP contribution in [0, 0.1) is 0 Å². The Labute approximate surface area is 140 Å². The van der Waals surface area contributed by atoms with Gasteiger partial charge in [0.05, 0.1) is 18.3 Å². The second kappa shape index (κ2) is 6.82. The smallest absolute Gasteiger partial charge is 0.290 e. The molecular formula is C17H21N5O2. The summed E-state index contributed by atoms with van der Waals surface area (Å²) in [7, 11) is 1.82. The molecule has 3 heterocycles. The fourth-order valence-electron chi connectivity index (χ4n) is 3.07. The summed E-state index contributed by atoms with van der Waals surface area (Å²) in [6.45, 7) is 2.59. The molecule has 7 nitrogen and oxygen atoms in total. The zero-order valence-corrected chi connectivity index (χ0v) is 13.9. The number of likely N-dealkylation sites (tertiary alicyclic amines) is 1. The summed E-state index contributed by atoms with van der Waals surface area (Å²) in [5, 5.41) is 2.75. The molecule has 7 heteroatoms. The first-order chi connectivity index (χ1) is 11.6. The van der Waals surface area contributed by atoms with E-state index in [-0.39, 0.29) is 17.9 Å². The van der Waals surface area contributed by atoms with Crippen LogP contribution in [0.15, 0.2) is 30.7 Å². The SMILES string of the molecule is CC(=O)NCc1cc(C2CCCN2C(=O)c2nccn2C)ccn1. The zero-order chi connectivity index (χ0) is 17.1. The lowest BCUT2D eigenvalue weighted by atomic mass is 10.0. The highest BCUT2D eigenvalue weighted by Crippen LogP contribution is 2.33. The van der Waals surface area contributed by atoms with Crippen molar-refractivity contribution < 1.29 is 9.59 Å². The fourth-order valence-corrected chi connectivity index (χ4v) is 3.07. The number of nitrogens with zero attached hydrogens (tertiary/aromatic N) is 4. The van der Waals surface area contributed by atoms with Gasteiger partial charge in [-0.25, -0.2) is 4.98 Å². The van der Waals surface area contributed by atoms with Gasteiger partial charge >= 0.3 is 0 Å². The van der Waals surface area contributed by atoms with Crippen molar-refractivity contribution >= 4 is 11.8 Å². The van der Waals surface area contributed by atoms with Crippen molar-refractivity contribution in [2.45, 2.75) is 32.4 Å². The zero-order valence-electron chi connectivity index (χ0n) is 13.9. The molecule has 24 heavy (non-hydrogen) atoms. The van der Waals surface area contributed by atoms with Crippen molar-refractivity contribution in [3.05, 3.63) is 47.8 Å². The molecule has 1 unspecified atom stereocenters. The molecule has 1 N–H and O–H groups in total. The van der Waals surface area contributed by atoms with Gasteiger partial charge in [-0.2, -0.15) is 0 Å². The van der Waals surface area contributed by atoms with Crippen molar-refractivity contribution in [2.75, 3.05) is 6.54 Å². The molecule has 3 rings (SSSR count). The largest absolute Gasteiger partial charge is 0.351 e. The minimum absolute atomic E-state index is 0.0216. The summed E-state index contributed by atoms with van der Waals surface area (Å²) in [5.74, 6) is 0.314. The van der Waals surface area contributed by atoms with Crippen molar-refractivity contribution in [1.82, 2.24) is 24.8 Å². The lowest BCUT2D eigenvalue weighted by Crippen LogP contribution is -2.32. The predicted molar refractivity (Wildman–Crippen MR) is 88.0 cm³/mol. The maximum atomic E-state index is 12.8. The van der Waals surface area contributed by atoms with Gasteiger partial charge in [-0.1, -0.05) is 0 Å². The number of carbonyl (C=O) groups is 2. The van der Waals surface area contributed by atoms with E-state index in [1.807, 2.05) is 24.1 Å². The Bertz CT molecular complexity index is 755. The van der Waals surface area contributed by atoms with Gasteiger partial charge in [0.25, 0.3) is 5.91 Å². The van der Waals surface area contributed by atoms with E-state index in [1.165, 1.54) is 6.92 Å². The van der Waals surface area contributed by atoms with Gasteiger partial charge in [0, 0.05) is 39.1 Å². The lowest BCUT2D eigenvalue weighted by molar-refractivity contribution is -0.119. The molecular weight excluding hydrogens is 306 g/mol. The number of imidazole rings is 1. The average Bonchev–Trinajstić information content (AvgIpc) is 3.21. The molecule has 126 valence electrons. The van der Waals surface area contributed by atoms with Crippen molar-refractivity contribution in [1.29, 1.82) is 0 Å². The molecule has 0 radical (unpaired) electrons. The quantitative estimate of drug-likeness (QED) is 0.921. The molecule has 0 spiro atoms. The lowest BCUT2D eigenvalue weighted by Gasteiger charge is -2.25. The summed E-state index contributed by atoms with van der Waals surface area (Å²) in [6.07, 6.45) is 7.02. The maximum absolute atomic E-state index is 12.8. The van der Waals surface area contributed by atoms with Crippen LogP contribution in [0.5, 0.6) is 0 Å². The summed E-state index contributed by atoms with van der Waals surface area (Å²) < 4.78 is 1.74. The van der Waals surface area contributed by atoms with Crippen LogP contribution in [-0.4, -0.2) is 37.8 Å². The Kier molecular flexibility index (Phi) is 4.59. The Morgan fingerprint density at radius 2 is 2.17 bits per heavy atom. The van der Waals surface area contributed by atoms with Gasteiger partial charge in [-0.15, -0.1) is 0 Å². The molecule has 0 aromatic carbocycles. The molecule has 0 bridgehead atoms. The van der Waals surface area contributed by atoms with Crippen LogP contribution in [0.1, 0.15) is 47.7 Å². The first-order valence-electron chi connectivity index (χ1n) is 8.04. The topological polar surface area (TPSA) is 80.1 Å². The van der Waals surface area contributed by atoms with Gasteiger partial charge in [0.2, 0.25) is 5.91 Å². The third-order valence-corrected chi connectivity index (χ3v) is 4.27. The molecule has 2 aromatic heterocycles. The van der Waals surface area contributed by atoms with Gasteiger partial charge in [0.1, 0.15) is 0 Å². The Morgan fingerprint density at radius 3 is 2.88 bits per heavy atom. The van der Waals surface area contributed by atoms with E-state index < -0.39 is 0 Å². The van der Waals surface area contributed by atoms with Crippen LogP contribution >= 0.6 is 0 Å². The van der Waals surface area contributed by atoms with E-state index in [4.69, 9.17) is 0 Å². The maximum Gasteiger partial charge on any atom is 0.290 e. The minimum Gasteiger partial charge on any atom is -0.351 e. The second-order valence-electron chi connectivity index (χ2n) is 6.01. The summed E-state index contributed by atoms with van der Waals surface area (Å²) in [5.41, 5.74) is 1.84. The van der Waals surface area contributed by atoms with Crippen LogP contribution in [0.2, 0.25) is 0 Å². The van der Waals surface area contributed by atoms with Crippen LogP contribution in [-0.2, 0) is 18.4 Å². The van der Waals surface area contributed by atoms with Crippen LogP contribution in [0.3, 0.4) is 0 Å². The highest BCUT2D eigenvalue weighted by molar-refractivity contribution is 5.91. The number of carbonyl (C=O) groups excluding carboxylic acids is 2. The van der Waals surface area contributed by atoms with E-state index in [0.717, 1.165) is 30.6 Å². The fraction of sp³-hybridized carbons (Fsp3) is 0.412. The average molecular weight is 327 g/mol. The highest BCUT2D eigenvalue weighted by Gasteiger charge is 2.32. The van der Waals surface area contributed by atoms with Gasteiger partial charge in [0.15, 0.2) is 5.82 Å². The number of aryl methyl sites for hydroxylation is 1. The third kappa shape index (κ3) is 3.29. The van der Waals surface area contributed by atoms with E-state index in [9.17, 15) is 9.59 Å². The number of aromatic nitrogens is 3. The van der Waals surface area contributed by atoms with Crippen LogP contribution < -0.4 is 5.32 Å². The standard InChI is InChI=1S/C17H21N5O2/c1-12(23)20-11-14-10-13(5-6-18-14)15-4-3-8-22(15)17(24)16-19-7-9-21(16)2/h5-7,9-10,15H,3-4,8,11H2,1-2H3,(H,20,23).